The molecule has 3 aromatic rings. The van der Waals surface area contributed by atoms with Gasteiger partial charge in [-0.2, -0.15) is 0 Å². The Morgan fingerprint density at radius 1 is 1.22 bits per heavy atom. The lowest BCUT2D eigenvalue weighted by Crippen LogP contribution is -2.22. The van der Waals surface area contributed by atoms with E-state index in [9.17, 15) is 4.79 Å². The van der Waals surface area contributed by atoms with Crippen LogP contribution in [0.25, 0.3) is 11.0 Å². The molecular formula is C19H19Cl2N5O. The van der Waals surface area contributed by atoms with Gasteiger partial charge >= 0.3 is 0 Å². The summed E-state index contributed by atoms with van der Waals surface area (Å²) in [5.41, 5.74) is 2.71. The Morgan fingerprint density at radius 2 is 2.00 bits per heavy atom. The molecular weight excluding hydrogens is 385 g/mol. The predicted octanol–water partition coefficient (Wildman–Crippen LogP) is 4.59. The highest BCUT2D eigenvalue weighted by Gasteiger charge is 2.28. The molecule has 1 atom stereocenters. The van der Waals surface area contributed by atoms with Crippen molar-refractivity contribution in [2.75, 3.05) is 10.6 Å². The van der Waals surface area contributed by atoms with Crippen LogP contribution in [0.15, 0.2) is 35.4 Å². The molecule has 1 fully saturated rings. The minimum atomic E-state index is -0.0924. The van der Waals surface area contributed by atoms with Crippen molar-refractivity contribution in [2.24, 2.45) is 13.0 Å². The molecule has 8 heteroatoms. The first kappa shape index (κ1) is 18.1. The second-order valence-corrected chi connectivity index (χ2v) is 7.65. The fraction of sp³-hybridized carbons (Fsp3) is 0.316. The molecule has 1 saturated carbocycles. The number of anilines is 3. The van der Waals surface area contributed by atoms with Crippen LogP contribution in [0.3, 0.4) is 0 Å². The van der Waals surface area contributed by atoms with Gasteiger partial charge < -0.3 is 10.6 Å². The molecule has 1 aliphatic rings. The topological polar surface area (TPSA) is 71.8 Å². The van der Waals surface area contributed by atoms with Crippen molar-refractivity contribution < 1.29 is 0 Å². The van der Waals surface area contributed by atoms with Crippen LogP contribution in [-0.4, -0.2) is 20.6 Å². The van der Waals surface area contributed by atoms with Crippen LogP contribution in [0.4, 0.5) is 17.1 Å². The number of pyridine rings is 3. The third-order valence-corrected chi connectivity index (χ3v) is 5.68. The number of rotatable bonds is 5. The Labute approximate surface area is 166 Å². The fourth-order valence-corrected chi connectivity index (χ4v) is 3.46. The van der Waals surface area contributed by atoms with E-state index in [1.807, 2.05) is 6.07 Å². The lowest BCUT2D eigenvalue weighted by atomic mass is 10.1. The van der Waals surface area contributed by atoms with Crippen LogP contribution < -0.4 is 16.2 Å². The summed E-state index contributed by atoms with van der Waals surface area (Å²) >= 11 is 12.2. The summed E-state index contributed by atoms with van der Waals surface area (Å²) in [6.45, 7) is 2.15. The zero-order valence-corrected chi connectivity index (χ0v) is 16.5. The van der Waals surface area contributed by atoms with Gasteiger partial charge in [0.05, 0.1) is 23.3 Å². The zero-order chi connectivity index (χ0) is 19.1. The zero-order valence-electron chi connectivity index (χ0n) is 15.0. The van der Waals surface area contributed by atoms with Crippen LogP contribution in [0.5, 0.6) is 0 Å². The molecule has 1 aliphatic carbocycles. The van der Waals surface area contributed by atoms with E-state index < -0.39 is 0 Å². The van der Waals surface area contributed by atoms with E-state index in [0.29, 0.717) is 28.3 Å². The van der Waals surface area contributed by atoms with Crippen molar-refractivity contribution in [2.45, 2.75) is 25.8 Å². The highest BCUT2D eigenvalue weighted by atomic mass is 35.5. The summed E-state index contributed by atoms with van der Waals surface area (Å²) < 4.78 is 1.54. The van der Waals surface area contributed by atoms with E-state index >= 15 is 0 Å². The monoisotopic (exact) mass is 403 g/mol. The molecule has 0 aliphatic heterocycles. The lowest BCUT2D eigenvalue weighted by molar-refractivity contribution is 0.694. The van der Waals surface area contributed by atoms with E-state index in [1.165, 1.54) is 12.8 Å². The number of hydrogen-bond donors (Lipinski definition) is 2. The fourth-order valence-electron chi connectivity index (χ4n) is 3.14. The van der Waals surface area contributed by atoms with Gasteiger partial charge in [0.1, 0.15) is 15.8 Å². The molecule has 0 amide bonds. The Hall–Kier alpha value is -2.31. The van der Waals surface area contributed by atoms with Gasteiger partial charge in [-0.1, -0.05) is 23.2 Å². The van der Waals surface area contributed by atoms with E-state index in [2.05, 4.69) is 27.5 Å². The first-order valence-electron chi connectivity index (χ1n) is 8.77. The average molecular weight is 404 g/mol. The maximum Gasteiger partial charge on any atom is 0.253 e. The van der Waals surface area contributed by atoms with Crippen LogP contribution in [0.2, 0.25) is 10.2 Å². The molecule has 0 spiro atoms. The highest BCUT2D eigenvalue weighted by Crippen LogP contribution is 2.35. The molecule has 1 unspecified atom stereocenters. The predicted molar refractivity (Wildman–Crippen MR) is 110 cm³/mol. The van der Waals surface area contributed by atoms with Gasteiger partial charge in [-0.3, -0.25) is 9.36 Å². The number of aromatic nitrogens is 3. The van der Waals surface area contributed by atoms with Crippen molar-refractivity contribution >= 4 is 51.3 Å². The standard InChI is InChI=1S/C19H19Cl2N5O/c1-10(11-3-4-11)24-15-8-16(27)26(2)19-13(15)7-12(9-23-19)25-14-5-6-22-18(21)17(14)20/h5-11,24H,3-4H2,1-2H3,(H,22,25). The van der Waals surface area contributed by atoms with Crippen LogP contribution in [-0.2, 0) is 7.05 Å². The minimum absolute atomic E-state index is 0.0924. The Balaban J connectivity index is 1.76. The Bertz CT molecular complexity index is 1080. The second-order valence-electron chi connectivity index (χ2n) is 6.91. The average Bonchev–Trinajstić information content (AvgIpc) is 3.48. The van der Waals surface area contributed by atoms with Crippen LogP contribution in [0, 0.1) is 5.92 Å². The smallest absolute Gasteiger partial charge is 0.253 e. The summed E-state index contributed by atoms with van der Waals surface area (Å²) in [7, 11) is 1.72. The molecule has 0 aromatic carbocycles. The van der Waals surface area contributed by atoms with E-state index in [0.717, 1.165) is 16.8 Å². The molecule has 0 saturated heterocycles. The number of nitrogens with zero attached hydrogens (tertiary/aromatic N) is 3. The van der Waals surface area contributed by atoms with E-state index in [-0.39, 0.29) is 10.7 Å². The number of nitrogens with one attached hydrogen (secondary N) is 2. The largest absolute Gasteiger partial charge is 0.382 e. The summed E-state index contributed by atoms with van der Waals surface area (Å²) in [5, 5.41) is 8.16. The van der Waals surface area contributed by atoms with Crippen LogP contribution in [0.1, 0.15) is 19.8 Å². The van der Waals surface area contributed by atoms with Gasteiger partial charge in [0, 0.05) is 30.7 Å². The highest BCUT2D eigenvalue weighted by molar-refractivity contribution is 6.43. The first-order valence-corrected chi connectivity index (χ1v) is 9.53. The van der Waals surface area contributed by atoms with Gasteiger partial charge in [-0.25, -0.2) is 9.97 Å². The van der Waals surface area contributed by atoms with Crippen molar-refractivity contribution in [3.05, 3.63) is 51.1 Å². The van der Waals surface area contributed by atoms with E-state index in [4.69, 9.17) is 23.2 Å². The molecule has 3 aromatic heterocycles. The van der Waals surface area contributed by atoms with Crippen LogP contribution >= 0.6 is 23.2 Å². The third kappa shape index (κ3) is 3.59. The number of halogens is 2. The maximum atomic E-state index is 12.3. The summed E-state index contributed by atoms with van der Waals surface area (Å²) in [4.78, 5) is 20.7. The number of aryl methyl sites for hydroxylation is 1. The van der Waals surface area contributed by atoms with Crippen molar-refractivity contribution in [1.29, 1.82) is 0 Å². The second kappa shape index (κ2) is 7.02. The Kier molecular flexibility index (Phi) is 4.70. The van der Waals surface area contributed by atoms with Gasteiger partial charge in [0.15, 0.2) is 0 Å². The lowest BCUT2D eigenvalue weighted by Gasteiger charge is -2.18. The van der Waals surface area contributed by atoms with Crippen molar-refractivity contribution in [3.63, 3.8) is 0 Å². The van der Waals surface area contributed by atoms with Gasteiger partial charge in [0.2, 0.25) is 0 Å². The summed E-state index contributed by atoms with van der Waals surface area (Å²) in [6, 6.07) is 5.63. The molecule has 6 nitrogen and oxygen atoms in total. The molecule has 0 bridgehead atoms. The number of hydrogen-bond acceptors (Lipinski definition) is 5. The quantitative estimate of drug-likeness (QED) is 0.609. The first-order chi connectivity index (χ1) is 12.9. The summed E-state index contributed by atoms with van der Waals surface area (Å²) in [6.07, 6.45) is 5.70. The number of fused-ring (bicyclic) bond motifs is 1. The van der Waals surface area contributed by atoms with Gasteiger partial charge in [-0.15, -0.1) is 0 Å². The SMILES string of the molecule is CC(Nc1cc(=O)n(C)c2ncc(Nc3ccnc(Cl)c3Cl)cc12)C1CC1. The van der Waals surface area contributed by atoms with Gasteiger partial charge in [-0.05, 0) is 37.8 Å². The van der Waals surface area contributed by atoms with Crippen molar-refractivity contribution in [1.82, 2.24) is 14.5 Å². The van der Waals surface area contributed by atoms with Gasteiger partial charge in [0.25, 0.3) is 5.56 Å². The molecule has 3 heterocycles. The molecule has 140 valence electrons. The third-order valence-electron chi connectivity index (χ3n) is 4.91. The molecule has 0 radical (unpaired) electrons. The van der Waals surface area contributed by atoms with Crippen molar-refractivity contribution in [3.8, 4) is 0 Å². The maximum absolute atomic E-state index is 12.3. The van der Waals surface area contributed by atoms with E-state index in [1.54, 1.807) is 36.1 Å². The normalized spacial score (nSPS) is 15.0. The summed E-state index contributed by atoms with van der Waals surface area (Å²) in [5.74, 6) is 0.663. The molecule has 4 rings (SSSR count). The minimum Gasteiger partial charge on any atom is -0.382 e. The molecule has 27 heavy (non-hydrogen) atoms. The Morgan fingerprint density at radius 3 is 2.74 bits per heavy atom. The molecule has 2 N–H and O–H groups in total.